The van der Waals surface area contributed by atoms with Crippen molar-refractivity contribution in [3.8, 4) is 11.1 Å². The molecule has 0 N–H and O–H groups in total. The van der Waals surface area contributed by atoms with Crippen molar-refractivity contribution in [3.63, 3.8) is 0 Å². The summed E-state index contributed by atoms with van der Waals surface area (Å²) in [7, 11) is 0. The van der Waals surface area contributed by atoms with E-state index >= 15 is 0 Å². The normalized spacial score (nSPS) is 13.5. The molecule has 10 aromatic rings. The minimum atomic E-state index is -0.350. The predicted octanol–water partition coefficient (Wildman–Crippen LogP) is 7.84. The zero-order valence-electron chi connectivity index (χ0n) is 31.5. The number of nitrogens with zero attached hydrogens (tertiary/aromatic N) is 12. The highest BCUT2D eigenvalue weighted by Gasteiger charge is 2.49. The molecule has 4 aromatic carbocycles. The maximum Gasteiger partial charge on any atom is 0.423 e. The Morgan fingerprint density at radius 1 is 0.417 bits per heavy atom. The Morgan fingerprint density at radius 2 is 0.850 bits per heavy atom. The monoisotopic (exact) mass is 794 g/mol. The lowest BCUT2D eigenvalue weighted by Crippen LogP contribution is -2.53. The van der Waals surface area contributed by atoms with E-state index in [2.05, 4.69) is 138 Å². The van der Waals surface area contributed by atoms with E-state index in [1.54, 1.807) is 30.3 Å². The van der Waals surface area contributed by atoms with Crippen molar-refractivity contribution in [1.82, 2.24) is 39.9 Å². The van der Waals surface area contributed by atoms with Crippen LogP contribution in [-0.4, -0.2) is 53.8 Å². The van der Waals surface area contributed by atoms with Crippen molar-refractivity contribution in [3.05, 3.63) is 172 Å². The van der Waals surface area contributed by atoms with Crippen LogP contribution in [0.5, 0.6) is 0 Å². The van der Waals surface area contributed by atoms with Crippen LogP contribution in [0, 0.1) is 0 Å². The van der Waals surface area contributed by atoms with Gasteiger partial charge in [-0.05, 0) is 40.3 Å². The number of fused-ring (bicyclic) bond motifs is 6. The molecule has 0 atom stereocenters. The highest BCUT2D eigenvalue weighted by Crippen LogP contribution is 2.55. The quantitative estimate of drug-likeness (QED) is 0.145. The highest BCUT2D eigenvalue weighted by molar-refractivity contribution is 7.25. The second-order valence-corrected chi connectivity index (χ2v) is 15.4. The molecule has 13 nitrogen and oxygen atoms in total. The van der Waals surface area contributed by atoms with E-state index in [0.29, 0.717) is 5.88 Å². The summed E-state index contributed by atoms with van der Waals surface area (Å²) in [4.78, 5) is 44.3. The minimum absolute atomic E-state index is 0.255. The number of anilines is 8. The standard InChI is InChI=1S/C44H28B2N12OS/c1-3-7-39-37(5-1)41-43(59-39)57(35-21-51-27-52-22-35)45(55(41)33-17-47-25-48-18-33)31-13-9-29(10-14-31)30-11-15-32(16-12-30)46-56(34-19-49-26-50-20-34)42-38-6-2-4-8-40(38)60-44(42)58(46)36-23-53-28-54-24-36/h1-28H. The number of hydrogen-bond acceptors (Lipinski definition) is 14. The highest BCUT2D eigenvalue weighted by atomic mass is 32.1. The molecule has 6 aromatic heterocycles. The van der Waals surface area contributed by atoms with Gasteiger partial charge in [0, 0.05) is 15.5 Å². The molecule has 0 fully saturated rings. The van der Waals surface area contributed by atoms with Crippen LogP contribution in [0.25, 0.3) is 32.2 Å². The zero-order chi connectivity index (χ0) is 39.6. The van der Waals surface area contributed by atoms with Gasteiger partial charge in [0.25, 0.3) is 0 Å². The van der Waals surface area contributed by atoms with Gasteiger partial charge in [-0.3, -0.25) is 0 Å². The maximum atomic E-state index is 6.60. The van der Waals surface area contributed by atoms with Crippen LogP contribution < -0.4 is 30.2 Å². The average molecular weight is 794 g/mol. The Balaban J connectivity index is 0.938. The van der Waals surface area contributed by atoms with Crippen LogP contribution in [0.1, 0.15) is 0 Å². The van der Waals surface area contributed by atoms with Crippen LogP contribution in [0.3, 0.4) is 0 Å². The average Bonchev–Trinajstić information content (AvgIpc) is 4.07. The summed E-state index contributed by atoms with van der Waals surface area (Å²) in [6.07, 6.45) is 21.0. The Kier molecular flexibility index (Phi) is 7.87. The molecule has 0 bridgehead atoms. The van der Waals surface area contributed by atoms with E-state index in [1.807, 2.05) is 67.8 Å². The summed E-state index contributed by atoms with van der Waals surface area (Å²) in [5, 5.41) is 3.25. The second kappa shape index (κ2) is 13.9. The molecule has 0 unspecified atom stereocenters. The first kappa shape index (κ1) is 34.1. The Hall–Kier alpha value is -7.97. The first-order valence-corrected chi connectivity index (χ1v) is 20.0. The van der Waals surface area contributed by atoms with Crippen LogP contribution >= 0.6 is 11.3 Å². The molecule has 16 heteroatoms. The van der Waals surface area contributed by atoms with E-state index in [-0.39, 0.29) is 14.0 Å². The molecule has 0 radical (unpaired) electrons. The van der Waals surface area contributed by atoms with Crippen LogP contribution in [0.15, 0.2) is 176 Å². The Morgan fingerprint density at radius 3 is 1.40 bits per heavy atom. The number of furan rings is 1. The zero-order valence-corrected chi connectivity index (χ0v) is 32.3. The van der Waals surface area contributed by atoms with Gasteiger partial charge in [-0.2, -0.15) is 0 Å². The Labute approximate surface area is 347 Å². The van der Waals surface area contributed by atoms with Gasteiger partial charge in [0.05, 0.1) is 78.0 Å². The minimum Gasteiger partial charge on any atom is -0.439 e. The summed E-state index contributed by atoms with van der Waals surface area (Å²) in [6.45, 7) is -0.605. The van der Waals surface area contributed by atoms with Gasteiger partial charge in [-0.15, -0.1) is 11.3 Å². The molecule has 282 valence electrons. The van der Waals surface area contributed by atoms with Crippen molar-refractivity contribution in [2.45, 2.75) is 0 Å². The molecule has 0 spiro atoms. The summed E-state index contributed by atoms with van der Waals surface area (Å²) in [5.41, 5.74) is 10.5. The van der Waals surface area contributed by atoms with Crippen molar-refractivity contribution < 1.29 is 4.42 Å². The number of para-hydroxylation sites is 1. The summed E-state index contributed by atoms with van der Waals surface area (Å²) < 4.78 is 7.80. The fraction of sp³-hybridized carbons (Fsp3) is 0. The molecule has 8 heterocycles. The fourth-order valence-corrected chi connectivity index (χ4v) is 9.78. The molecule has 0 amide bonds. The van der Waals surface area contributed by atoms with Gasteiger partial charge in [0.1, 0.15) is 41.6 Å². The van der Waals surface area contributed by atoms with Gasteiger partial charge < -0.3 is 23.7 Å². The molecule has 2 aliphatic heterocycles. The van der Waals surface area contributed by atoms with Crippen LogP contribution in [0.4, 0.5) is 45.0 Å². The third-order valence-electron chi connectivity index (χ3n) is 11.1. The van der Waals surface area contributed by atoms with Crippen molar-refractivity contribution in [2.75, 3.05) is 19.2 Å². The molecular weight excluding hydrogens is 766 g/mol. The van der Waals surface area contributed by atoms with E-state index in [0.717, 1.165) is 77.5 Å². The fourth-order valence-electron chi connectivity index (χ4n) is 8.54. The summed E-state index contributed by atoms with van der Waals surface area (Å²) >= 11 is 1.75. The largest absolute Gasteiger partial charge is 0.439 e. The van der Waals surface area contributed by atoms with Gasteiger partial charge >= 0.3 is 14.0 Å². The maximum absolute atomic E-state index is 6.60. The van der Waals surface area contributed by atoms with Crippen molar-refractivity contribution in [2.24, 2.45) is 0 Å². The van der Waals surface area contributed by atoms with Gasteiger partial charge in [-0.25, -0.2) is 39.9 Å². The van der Waals surface area contributed by atoms with Crippen molar-refractivity contribution in [1.29, 1.82) is 0 Å². The third kappa shape index (κ3) is 5.34. The summed E-state index contributed by atoms with van der Waals surface area (Å²) in [6, 6.07) is 34.0. The van der Waals surface area contributed by atoms with E-state index in [4.69, 9.17) is 4.42 Å². The lowest BCUT2D eigenvalue weighted by molar-refractivity contribution is 0.627. The molecule has 2 aliphatic rings. The van der Waals surface area contributed by atoms with Crippen LogP contribution in [-0.2, 0) is 0 Å². The molecule has 0 aliphatic carbocycles. The van der Waals surface area contributed by atoms with E-state index in [1.165, 1.54) is 11.0 Å². The van der Waals surface area contributed by atoms with Gasteiger partial charge in [-0.1, -0.05) is 78.9 Å². The molecule has 12 rings (SSSR count). The Bertz CT molecular complexity index is 2930. The molecule has 60 heavy (non-hydrogen) atoms. The smallest absolute Gasteiger partial charge is 0.423 e. The number of aromatic nitrogens is 8. The lowest BCUT2D eigenvalue weighted by atomic mass is 9.64. The van der Waals surface area contributed by atoms with Gasteiger partial charge in [0.15, 0.2) is 0 Å². The topological polar surface area (TPSA) is 129 Å². The number of thiophene rings is 1. The lowest BCUT2D eigenvalue weighted by Gasteiger charge is -2.30. The molecule has 0 saturated heterocycles. The predicted molar refractivity (Wildman–Crippen MR) is 237 cm³/mol. The van der Waals surface area contributed by atoms with Gasteiger partial charge in [0.2, 0.25) is 5.88 Å². The summed E-state index contributed by atoms with van der Waals surface area (Å²) in [5.74, 6) is 0.695. The SMILES string of the molecule is c1ccc2c3c(oc2c1)N(c1cncnc1)B(c1ccc(-c2ccc(B4N(c5cncnc5)c5sc6ccccc6c5N4c4cncnc4)cc2)cc1)N3c1cncnc1. The van der Waals surface area contributed by atoms with E-state index < -0.39 is 0 Å². The molecular formula is C44H28B2N12OS. The third-order valence-corrected chi connectivity index (χ3v) is 12.2. The first-order valence-electron chi connectivity index (χ1n) is 19.2. The number of hydrogen-bond donors (Lipinski definition) is 0. The molecule has 0 saturated carbocycles. The number of benzene rings is 4. The van der Waals surface area contributed by atoms with Crippen LogP contribution in [0.2, 0.25) is 0 Å². The first-order chi connectivity index (χ1) is 29.8. The second-order valence-electron chi connectivity index (χ2n) is 14.4. The van der Waals surface area contributed by atoms with E-state index in [9.17, 15) is 0 Å². The van der Waals surface area contributed by atoms with Crippen molar-refractivity contribution >= 4 is 102 Å². The number of rotatable bonds is 7.